The molecular formula is C16H19BrN2O. The molecule has 0 atom stereocenters. The minimum absolute atomic E-state index is 0.744. The molecule has 0 aliphatic heterocycles. The summed E-state index contributed by atoms with van der Waals surface area (Å²) in [5.74, 6) is 0.936. The number of nitrogen functional groups attached to an aromatic ring is 1. The Morgan fingerprint density at radius 2 is 1.70 bits per heavy atom. The van der Waals surface area contributed by atoms with E-state index in [1.165, 1.54) is 0 Å². The van der Waals surface area contributed by atoms with Crippen LogP contribution in [0.3, 0.4) is 0 Å². The number of benzene rings is 2. The maximum Gasteiger partial charge on any atom is 0.124 e. The molecule has 2 rings (SSSR count). The van der Waals surface area contributed by atoms with E-state index in [-0.39, 0.29) is 0 Å². The Morgan fingerprint density at radius 1 is 1.10 bits per heavy atom. The summed E-state index contributed by atoms with van der Waals surface area (Å²) in [6.07, 6.45) is 0. The quantitative estimate of drug-likeness (QED) is 0.844. The Labute approximate surface area is 128 Å². The molecule has 0 unspecified atom stereocenters. The van der Waals surface area contributed by atoms with E-state index in [0.717, 1.165) is 38.4 Å². The molecule has 0 saturated carbocycles. The van der Waals surface area contributed by atoms with E-state index in [1.54, 1.807) is 7.11 Å². The molecule has 0 aliphatic carbocycles. The standard InChI is InChI=1S/C16H19BrN2O/c1-10-7-13(8-11(2)16(10)20-4)19(3)15-6-5-12(17)9-14(15)18/h5-9H,18H2,1-4H3. The third-order valence-corrected chi connectivity index (χ3v) is 3.88. The lowest BCUT2D eigenvalue weighted by Gasteiger charge is -2.23. The van der Waals surface area contributed by atoms with Crippen LogP contribution in [0.15, 0.2) is 34.8 Å². The van der Waals surface area contributed by atoms with Crippen molar-refractivity contribution in [3.63, 3.8) is 0 Å². The summed E-state index contributed by atoms with van der Waals surface area (Å²) in [6.45, 7) is 4.10. The van der Waals surface area contributed by atoms with Gasteiger partial charge in [0, 0.05) is 17.2 Å². The van der Waals surface area contributed by atoms with Crippen LogP contribution < -0.4 is 15.4 Å². The monoisotopic (exact) mass is 334 g/mol. The molecule has 20 heavy (non-hydrogen) atoms. The lowest BCUT2D eigenvalue weighted by atomic mass is 10.1. The van der Waals surface area contributed by atoms with Gasteiger partial charge in [0.15, 0.2) is 0 Å². The van der Waals surface area contributed by atoms with Gasteiger partial charge in [-0.05, 0) is 55.3 Å². The van der Waals surface area contributed by atoms with Crippen molar-refractivity contribution in [3.8, 4) is 5.75 Å². The molecule has 0 aromatic heterocycles. The maximum absolute atomic E-state index is 6.10. The molecule has 0 amide bonds. The van der Waals surface area contributed by atoms with Crippen LogP contribution >= 0.6 is 15.9 Å². The molecule has 0 spiro atoms. The Hall–Kier alpha value is -1.68. The molecule has 0 heterocycles. The molecule has 3 nitrogen and oxygen atoms in total. The van der Waals surface area contributed by atoms with Crippen LogP contribution in [0.5, 0.6) is 5.75 Å². The number of anilines is 3. The minimum Gasteiger partial charge on any atom is -0.496 e. The average Bonchev–Trinajstić information content (AvgIpc) is 2.37. The Kier molecular flexibility index (Phi) is 4.23. The largest absolute Gasteiger partial charge is 0.496 e. The highest BCUT2D eigenvalue weighted by Gasteiger charge is 2.11. The predicted octanol–water partition coefficient (Wildman–Crippen LogP) is 4.42. The van der Waals surface area contributed by atoms with Crippen molar-refractivity contribution in [2.24, 2.45) is 0 Å². The minimum atomic E-state index is 0.744. The third-order valence-electron chi connectivity index (χ3n) is 3.39. The fourth-order valence-electron chi connectivity index (χ4n) is 2.41. The lowest BCUT2D eigenvalue weighted by Crippen LogP contribution is -2.12. The fourth-order valence-corrected chi connectivity index (χ4v) is 2.79. The average molecular weight is 335 g/mol. The second kappa shape index (κ2) is 5.75. The van der Waals surface area contributed by atoms with Crippen molar-refractivity contribution in [2.45, 2.75) is 13.8 Å². The van der Waals surface area contributed by atoms with Crippen LogP contribution in [-0.2, 0) is 0 Å². The van der Waals surface area contributed by atoms with E-state index in [0.29, 0.717) is 0 Å². The Balaban J connectivity index is 2.45. The van der Waals surface area contributed by atoms with Crippen molar-refractivity contribution in [1.29, 1.82) is 0 Å². The normalized spacial score (nSPS) is 10.4. The molecule has 2 aromatic carbocycles. The van der Waals surface area contributed by atoms with Gasteiger partial charge < -0.3 is 15.4 Å². The number of nitrogens with zero attached hydrogens (tertiary/aromatic N) is 1. The van der Waals surface area contributed by atoms with Gasteiger partial charge in [0.05, 0.1) is 18.5 Å². The summed E-state index contributed by atoms with van der Waals surface area (Å²) < 4.78 is 6.39. The highest BCUT2D eigenvalue weighted by Crippen LogP contribution is 2.34. The number of methoxy groups -OCH3 is 1. The van der Waals surface area contributed by atoms with Crippen molar-refractivity contribution in [2.75, 3.05) is 24.8 Å². The van der Waals surface area contributed by atoms with Crippen LogP contribution in [0, 0.1) is 13.8 Å². The van der Waals surface area contributed by atoms with Gasteiger partial charge in [-0.2, -0.15) is 0 Å². The van der Waals surface area contributed by atoms with Crippen LogP contribution in [0.4, 0.5) is 17.1 Å². The summed E-state index contributed by atoms with van der Waals surface area (Å²) in [6, 6.07) is 10.1. The Bertz CT molecular complexity index is 617. The van der Waals surface area contributed by atoms with Crippen molar-refractivity contribution >= 4 is 33.0 Å². The molecule has 0 aliphatic rings. The SMILES string of the molecule is COc1c(C)cc(N(C)c2ccc(Br)cc2N)cc1C. The van der Waals surface area contributed by atoms with Gasteiger partial charge >= 0.3 is 0 Å². The van der Waals surface area contributed by atoms with Crippen molar-refractivity contribution in [3.05, 3.63) is 45.9 Å². The molecule has 106 valence electrons. The molecule has 2 N–H and O–H groups in total. The van der Waals surface area contributed by atoms with E-state index < -0.39 is 0 Å². The number of hydrogen-bond acceptors (Lipinski definition) is 3. The lowest BCUT2D eigenvalue weighted by molar-refractivity contribution is 0.408. The van der Waals surface area contributed by atoms with Crippen molar-refractivity contribution in [1.82, 2.24) is 0 Å². The number of nitrogens with two attached hydrogens (primary N) is 1. The van der Waals surface area contributed by atoms with Gasteiger partial charge in [-0.15, -0.1) is 0 Å². The predicted molar refractivity (Wildman–Crippen MR) is 89.1 cm³/mol. The smallest absolute Gasteiger partial charge is 0.124 e. The van der Waals surface area contributed by atoms with Gasteiger partial charge in [-0.25, -0.2) is 0 Å². The first kappa shape index (κ1) is 14.7. The number of hydrogen-bond donors (Lipinski definition) is 1. The topological polar surface area (TPSA) is 38.5 Å². The van der Waals surface area contributed by atoms with Crippen LogP contribution in [0.1, 0.15) is 11.1 Å². The number of rotatable bonds is 3. The zero-order valence-corrected chi connectivity index (χ0v) is 13.8. The van der Waals surface area contributed by atoms with Gasteiger partial charge in [0.2, 0.25) is 0 Å². The highest BCUT2D eigenvalue weighted by atomic mass is 79.9. The summed E-state index contributed by atoms with van der Waals surface area (Å²) in [5.41, 5.74) is 11.1. The van der Waals surface area contributed by atoms with E-state index >= 15 is 0 Å². The van der Waals surface area contributed by atoms with Gasteiger partial charge in [0.25, 0.3) is 0 Å². The van der Waals surface area contributed by atoms with E-state index in [4.69, 9.17) is 10.5 Å². The highest BCUT2D eigenvalue weighted by molar-refractivity contribution is 9.10. The molecule has 0 fully saturated rings. The number of halogens is 1. The summed E-state index contributed by atoms with van der Waals surface area (Å²) >= 11 is 3.43. The van der Waals surface area contributed by atoms with E-state index in [9.17, 15) is 0 Å². The van der Waals surface area contributed by atoms with Crippen LogP contribution in [0.25, 0.3) is 0 Å². The fraction of sp³-hybridized carbons (Fsp3) is 0.250. The maximum atomic E-state index is 6.10. The number of aryl methyl sites for hydroxylation is 2. The first-order valence-electron chi connectivity index (χ1n) is 6.38. The molecular weight excluding hydrogens is 316 g/mol. The second-order valence-corrected chi connectivity index (χ2v) is 5.79. The van der Waals surface area contributed by atoms with Gasteiger partial charge in [-0.1, -0.05) is 15.9 Å². The van der Waals surface area contributed by atoms with Crippen molar-refractivity contribution < 1.29 is 4.74 Å². The first-order chi connectivity index (χ1) is 9.43. The molecule has 0 saturated heterocycles. The second-order valence-electron chi connectivity index (χ2n) is 4.87. The summed E-state index contributed by atoms with van der Waals surface area (Å²) in [7, 11) is 3.71. The van der Waals surface area contributed by atoms with Gasteiger partial charge in [-0.3, -0.25) is 0 Å². The molecule has 0 radical (unpaired) electrons. The van der Waals surface area contributed by atoms with Crippen LogP contribution in [-0.4, -0.2) is 14.2 Å². The zero-order valence-electron chi connectivity index (χ0n) is 12.2. The molecule has 0 bridgehead atoms. The summed E-state index contributed by atoms with van der Waals surface area (Å²) in [5, 5.41) is 0. The first-order valence-corrected chi connectivity index (χ1v) is 7.17. The third kappa shape index (κ3) is 2.75. The van der Waals surface area contributed by atoms with Crippen LogP contribution in [0.2, 0.25) is 0 Å². The van der Waals surface area contributed by atoms with Gasteiger partial charge in [0.1, 0.15) is 5.75 Å². The molecule has 4 heteroatoms. The zero-order chi connectivity index (χ0) is 14.9. The number of ether oxygens (including phenoxy) is 1. The summed E-state index contributed by atoms with van der Waals surface area (Å²) in [4.78, 5) is 2.08. The molecule has 2 aromatic rings. The van der Waals surface area contributed by atoms with E-state index in [2.05, 4.69) is 33.0 Å². The van der Waals surface area contributed by atoms with E-state index in [1.807, 2.05) is 39.1 Å². The Morgan fingerprint density at radius 3 is 2.20 bits per heavy atom.